The molecule has 0 saturated heterocycles. The van der Waals surface area contributed by atoms with Crippen LogP contribution in [0.3, 0.4) is 0 Å². The lowest BCUT2D eigenvalue weighted by Crippen LogP contribution is -2.25. The molecule has 150 valence electrons. The molecule has 2 aromatic rings. The van der Waals surface area contributed by atoms with E-state index >= 15 is 0 Å². The zero-order valence-electron chi connectivity index (χ0n) is 15.6. The van der Waals surface area contributed by atoms with Crippen LogP contribution in [0.2, 0.25) is 0 Å². The second kappa shape index (κ2) is 9.95. The van der Waals surface area contributed by atoms with Gasteiger partial charge in [0.15, 0.2) is 6.61 Å². The minimum absolute atomic E-state index is 0.157. The molecule has 28 heavy (non-hydrogen) atoms. The normalized spacial score (nSPS) is 11.9. The van der Waals surface area contributed by atoms with E-state index in [1.165, 1.54) is 36.4 Å². The van der Waals surface area contributed by atoms with Crippen molar-refractivity contribution in [1.29, 1.82) is 0 Å². The molecule has 0 atom stereocenters. The predicted molar refractivity (Wildman–Crippen MR) is 104 cm³/mol. The molecule has 0 fully saturated rings. The molecule has 0 aromatic heterocycles. The second-order valence-corrected chi connectivity index (χ2v) is 7.67. The van der Waals surface area contributed by atoms with Crippen molar-refractivity contribution in [3.63, 3.8) is 0 Å². The number of nitrogens with one attached hydrogen (secondary N) is 2. The average molecular weight is 407 g/mol. The summed E-state index contributed by atoms with van der Waals surface area (Å²) < 4.78 is 44.8. The zero-order valence-corrected chi connectivity index (χ0v) is 16.4. The molecule has 7 nitrogen and oxygen atoms in total. The summed E-state index contributed by atoms with van der Waals surface area (Å²) in [4.78, 5) is 12.0. The van der Waals surface area contributed by atoms with E-state index in [0.29, 0.717) is 24.2 Å². The van der Waals surface area contributed by atoms with E-state index in [4.69, 9.17) is 4.74 Å². The molecule has 0 saturated carbocycles. The highest BCUT2D eigenvalue weighted by Gasteiger charge is 2.13. The molecule has 9 heteroatoms. The lowest BCUT2D eigenvalue weighted by atomic mass is 10.1. The van der Waals surface area contributed by atoms with Crippen LogP contribution in [0, 0.1) is 5.82 Å². The maximum absolute atomic E-state index is 13.1. The summed E-state index contributed by atoms with van der Waals surface area (Å²) in [5.74, 6) is -0.724. The van der Waals surface area contributed by atoms with E-state index in [1.807, 2.05) is 6.92 Å². The van der Waals surface area contributed by atoms with Gasteiger partial charge in [0.25, 0.3) is 5.91 Å². The van der Waals surface area contributed by atoms with E-state index < -0.39 is 21.7 Å². The number of halogens is 1. The Bertz CT molecular complexity index is 944. The van der Waals surface area contributed by atoms with Crippen LogP contribution < -0.4 is 14.9 Å². The third kappa shape index (κ3) is 6.43. The fraction of sp³-hybridized carbons (Fsp3) is 0.263. The van der Waals surface area contributed by atoms with Gasteiger partial charge in [-0.05, 0) is 43.2 Å². The van der Waals surface area contributed by atoms with Gasteiger partial charge in [-0.3, -0.25) is 4.79 Å². The van der Waals surface area contributed by atoms with Crippen LogP contribution in [0.25, 0.3) is 0 Å². The Hall–Kier alpha value is -2.78. The molecule has 0 heterocycles. The largest absolute Gasteiger partial charge is 0.484 e. The number of amides is 1. The van der Waals surface area contributed by atoms with Gasteiger partial charge in [-0.15, -0.1) is 0 Å². The van der Waals surface area contributed by atoms with Crippen molar-refractivity contribution < 1.29 is 22.3 Å². The predicted octanol–water partition coefficient (Wildman–Crippen LogP) is 2.43. The minimum Gasteiger partial charge on any atom is -0.484 e. The maximum atomic E-state index is 13.1. The summed E-state index contributed by atoms with van der Waals surface area (Å²) in [5.41, 5.74) is 3.48. The highest BCUT2D eigenvalue weighted by atomic mass is 32.2. The van der Waals surface area contributed by atoms with E-state index in [-0.39, 0.29) is 17.3 Å². The van der Waals surface area contributed by atoms with Gasteiger partial charge in [0.05, 0.1) is 10.6 Å². The van der Waals surface area contributed by atoms with Gasteiger partial charge < -0.3 is 4.74 Å². The summed E-state index contributed by atoms with van der Waals surface area (Å²) in [6, 6.07) is 11.6. The summed E-state index contributed by atoms with van der Waals surface area (Å²) in [6.07, 6.45) is 0.700. The van der Waals surface area contributed by atoms with Gasteiger partial charge >= 0.3 is 0 Å². The molecule has 2 aromatic carbocycles. The van der Waals surface area contributed by atoms with Crippen LogP contribution in [-0.4, -0.2) is 33.2 Å². The zero-order chi connectivity index (χ0) is 20.6. The first-order valence-electron chi connectivity index (χ1n) is 8.63. The topological polar surface area (TPSA) is 96.9 Å². The van der Waals surface area contributed by atoms with Gasteiger partial charge in [0.2, 0.25) is 10.0 Å². The highest BCUT2D eigenvalue weighted by molar-refractivity contribution is 7.89. The highest BCUT2D eigenvalue weighted by Crippen LogP contribution is 2.12. The molecule has 0 bridgehead atoms. The van der Waals surface area contributed by atoms with Gasteiger partial charge in [-0.25, -0.2) is 23.0 Å². The van der Waals surface area contributed by atoms with Crippen LogP contribution in [0.1, 0.15) is 25.8 Å². The Kier molecular flexibility index (Phi) is 7.65. The third-order valence-electron chi connectivity index (χ3n) is 3.64. The lowest BCUT2D eigenvalue weighted by molar-refractivity contribution is -0.123. The monoisotopic (exact) mass is 407 g/mol. The number of hydrazone groups is 1. The Balaban J connectivity index is 1.92. The van der Waals surface area contributed by atoms with E-state index in [0.717, 1.165) is 0 Å². The molecule has 0 spiro atoms. The van der Waals surface area contributed by atoms with Crippen molar-refractivity contribution in [1.82, 2.24) is 10.1 Å². The van der Waals surface area contributed by atoms with Gasteiger partial charge in [0.1, 0.15) is 11.6 Å². The van der Waals surface area contributed by atoms with Crippen molar-refractivity contribution in [3.8, 4) is 5.75 Å². The van der Waals surface area contributed by atoms with Crippen molar-refractivity contribution >= 4 is 21.6 Å². The number of carbonyl (C=O) groups is 1. The van der Waals surface area contributed by atoms with Crippen LogP contribution >= 0.6 is 0 Å². The van der Waals surface area contributed by atoms with E-state index in [2.05, 4.69) is 15.2 Å². The van der Waals surface area contributed by atoms with E-state index in [9.17, 15) is 17.6 Å². The van der Waals surface area contributed by atoms with Crippen molar-refractivity contribution in [3.05, 3.63) is 59.9 Å². The molecule has 0 aliphatic carbocycles. The number of nitrogens with zero attached hydrogens (tertiary/aromatic N) is 1. The number of ether oxygens (including phenoxy) is 1. The second-order valence-electron chi connectivity index (χ2n) is 5.90. The molecule has 0 radical (unpaired) electrons. The van der Waals surface area contributed by atoms with Crippen LogP contribution in [0.5, 0.6) is 5.75 Å². The van der Waals surface area contributed by atoms with Crippen LogP contribution in [0.15, 0.2) is 58.5 Å². The lowest BCUT2D eigenvalue weighted by Gasteiger charge is -2.07. The Labute approximate surface area is 163 Å². The van der Waals surface area contributed by atoms with Gasteiger partial charge in [-0.2, -0.15) is 5.10 Å². The Morgan fingerprint density at radius 3 is 2.54 bits per heavy atom. The first kappa shape index (κ1) is 21.5. The molecule has 2 rings (SSSR count). The van der Waals surface area contributed by atoms with Gasteiger partial charge in [-0.1, -0.05) is 25.1 Å². The SMILES string of the molecule is CCCNS(=O)(=O)c1ccc(/C(C)=N\NC(=O)COc2cccc(F)c2)cc1. The number of hydrogen-bond donors (Lipinski definition) is 2. The fourth-order valence-corrected chi connectivity index (χ4v) is 3.28. The van der Waals surface area contributed by atoms with Crippen molar-refractivity contribution in [2.45, 2.75) is 25.2 Å². The third-order valence-corrected chi connectivity index (χ3v) is 5.12. The number of sulfonamides is 1. The molecular weight excluding hydrogens is 385 g/mol. The van der Waals surface area contributed by atoms with Gasteiger partial charge in [0, 0.05) is 12.6 Å². The molecular formula is C19H22FN3O4S. The Morgan fingerprint density at radius 1 is 1.18 bits per heavy atom. The van der Waals surface area contributed by atoms with Crippen molar-refractivity contribution in [2.24, 2.45) is 5.10 Å². The number of hydrogen-bond acceptors (Lipinski definition) is 5. The standard InChI is InChI=1S/C19H22FN3O4S/c1-3-11-21-28(25,26)18-9-7-15(8-10-18)14(2)22-23-19(24)13-27-17-6-4-5-16(20)12-17/h4-10,12,21H,3,11,13H2,1-2H3,(H,23,24)/b22-14-. The van der Waals surface area contributed by atoms with Crippen LogP contribution in [0.4, 0.5) is 4.39 Å². The Morgan fingerprint density at radius 2 is 1.89 bits per heavy atom. The summed E-state index contributed by atoms with van der Waals surface area (Å²) in [5, 5.41) is 3.96. The first-order chi connectivity index (χ1) is 13.3. The molecule has 0 aliphatic rings. The number of benzene rings is 2. The number of rotatable bonds is 9. The summed E-state index contributed by atoms with van der Waals surface area (Å²) >= 11 is 0. The quantitative estimate of drug-likeness (QED) is 0.493. The van der Waals surface area contributed by atoms with E-state index in [1.54, 1.807) is 19.1 Å². The first-order valence-corrected chi connectivity index (χ1v) is 10.1. The van der Waals surface area contributed by atoms with Crippen molar-refractivity contribution in [2.75, 3.05) is 13.2 Å². The average Bonchev–Trinajstić information content (AvgIpc) is 2.69. The molecule has 0 unspecified atom stereocenters. The minimum atomic E-state index is -3.53. The molecule has 2 N–H and O–H groups in total. The summed E-state index contributed by atoms with van der Waals surface area (Å²) in [6.45, 7) is 3.60. The molecule has 1 amide bonds. The molecule has 0 aliphatic heterocycles. The maximum Gasteiger partial charge on any atom is 0.277 e. The van der Waals surface area contributed by atoms with Crippen LogP contribution in [-0.2, 0) is 14.8 Å². The summed E-state index contributed by atoms with van der Waals surface area (Å²) in [7, 11) is -3.53. The smallest absolute Gasteiger partial charge is 0.277 e. The fourth-order valence-electron chi connectivity index (χ4n) is 2.14. The number of carbonyl (C=O) groups excluding carboxylic acids is 1.